The highest BCUT2D eigenvalue weighted by Crippen LogP contribution is 2.37. The first-order chi connectivity index (χ1) is 9.81. The average molecular weight is 271 g/mol. The molecule has 1 atom stereocenters. The van der Waals surface area contributed by atoms with Gasteiger partial charge in [0.05, 0.1) is 6.04 Å². The van der Waals surface area contributed by atoms with Gasteiger partial charge in [-0.1, -0.05) is 6.07 Å². The Kier molecular flexibility index (Phi) is 3.65. The second-order valence-electron chi connectivity index (χ2n) is 5.07. The number of benzene rings is 1. The highest BCUT2D eigenvalue weighted by Gasteiger charge is 2.28. The number of aromatic nitrogens is 1. The first kappa shape index (κ1) is 13.1. The molecular weight excluding hydrogens is 253 g/mol. The second kappa shape index (κ2) is 5.59. The van der Waals surface area contributed by atoms with Crippen molar-refractivity contribution in [1.29, 1.82) is 0 Å². The Morgan fingerprint density at radius 3 is 2.80 bits per heavy atom. The number of hydrogen-bond donors (Lipinski definition) is 1. The van der Waals surface area contributed by atoms with E-state index in [0.717, 1.165) is 25.1 Å². The highest BCUT2D eigenvalue weighted by atomic mass is 19.1. The molecule has 2 heterocycles. The van der Waals surface area contributed by atoms with E-state index in [9.17, 15) is 4.39 Å². The summed E-state index contributed by atoms with van der Waals surface area (Å²) in [5, 5.41) is 0. The van der Waals surface area contributed by atoms with E-state index in [1.165, 1.54) is 11.6 Å². The molecule has 0 bridgehead atoms. The van der Waals surface area contributed by atoms with Crippen LogP contribution in [0, 0.1) is 5.82 Å². The molecule has 0 radical (unpaired) electrons. The molecule has 1 aromatic carbocycles. The van der Waals surface area contributed by atoms with E-state index >= 15 is 0 Å². The number of anilines is 1. The molecule has 0 saturated carbocycles. The van der Waals surface area contributed by atoms with Crippen LogP contribution in [0.25, 0.3) is 0 Å². The van der Waals surface area contributed by atoms with E-state index in [1.807, 2.05) is 18.2 Å². The SMILES string of the molecule is NCc1c(F)cccc1N1CCCC1c1ccncc1. The van der Waals surface area contributed by atoms with Crippen LogP contribution in [0.15, 0.2) is 42.7 Å². The summed E-state index contributed by atoms with van der Waals surface area (Å²) in [7, 11) is 0. The summed E-state index contributed by atoms with van der Waals surface area (Å²) in [6, 6.07) is 9.54. The molecule has 1 fully saturated rings. The maximum atomic E-state index is 13.9. The molecule has 2 aromatic rings. The lowest BCUT2D eigenvalue weighted by Crippen LogP contribution is -2.24. The molecule has 1 unspecified atom stereocenters. The fourth-order valence-corrected chi connectivity index (χ4v) is 3.01. The Bertz CT molecular complexity index is 586. The van der Waals surface area contributed by atoms with Crippen molar-refractivity contribution < 1.29 is 4.39 Å². The zero-order valence-corrected chi connectivity index (χ0v) is 11.3. The van der Waals surface area contributed by atoms with Gasteiger partial charge in [-0.3, -0.25) is 4.98 Å². The Morgan fingerprint density at radius 1 is 1.25 bits per heavy atom. The number of halogens is 1. The topological polar surface area (TPSA) is 42.1 Å². The van der Waals surface area contributed by atoms with Crippen molar-refractivity contribution in [3.63, 3.8) is 0 Å². The van der Waals surface area contributed by atoms with Crippen molar-refractivity contribution in [3.05, 3.63) is 59.7 Å². The molecule has 4 heteroatoms. The van der Waals surface area contributed by atoms with E-state index in [4.69, 9.17) is 5.73 Å². The van der Waals surface area contributed by atoms with Crippen molar-refractivity contribution >= 4 is 5.69 Å². The highest BCUT2D eigenvalue weighted by molar-refractivity contribution is 5.56. The molecule has 0 amide bonds. The summed E-state index contributed by atoms with van der Waals surface area (Å²) in [4.78, 5) is 6.33. The Morgan fingerprint density at radius 2 is 2.05 bits per heavy atom. The van der Waals surface area contributed by atoms with Crippen LogP contribution in [0.5, 0.6) is 0 Å². The summed E-state index contributed by atoms with van der Waals surface area (Å²) >= 11 is 0. The third kappa shape index (κ3) is 2.27. The predicted molar refractivity (Wildman–Crippen MR) is 77.8 cm³/mol. The van der Waals surface area contributed by atoms with Gasteiger partial charge in [0, 0.05) is 36.7 Å². The largest absolute Gasteiger partial charge is 0.364 e. The average Bonchev–Trinajstić information content (AvgIpc) is 2.97. The third-order valence-electron chi connectivity index (χ3n) is 3.95. The Hall–Kier alpha value is -1.94. The molecule has 1 aliphatic heterocycles. The first-order valence-corrected chi connectivity index (χ1v) is 6.95. The summed E-state index contributed by atoms with van der Waals surface area (Å²) in [5.41, 5.74) is 8.48. The van der Waals surface area contributed by atoms with Gasteiger partial charge in [-0.15, -0.1) is 0 Å². The molecule has 3 nitrogen and oxygen atoms in total. The number of rotatable bonds is 3. The fraction of sp³-hybridized carbons (Fsp3) is 0.312. The molecule has 3 rings (SSSR count). The van der Waals surface area contributed by atoms with Crippen LogP contribution in [-0.4, -0.2) is 11.5 Å². The van der Waals surface area contributed by atoms with Gasteiger partial charge in [0.25, 0.3) is 0 Å². The van der Waals surface area contributed by atoms with Crippen molar-refractivity contribution in [1.82, 2.24) is 4.98 Å². The van der Waals surface area contributed by atoms with Crippen molar-refractivity contribution in [3.8, 4) is 0 Å². The minimum Gasteiger partial charge on any atom is -0.364 e. The fourth-order valence-electron chi connectivity index (χ4n) is 3.01. The smallest absolute Gasteiger partial charge is 0.129 e. The van der Waals surface area contributed by atoms with E-state index in [2.05, 4.69) is 9.88 Å². The van der Waals surface area contributed by atoms with Gasteiger partial charge >= 0.3 is 0 Å². The van der Waals surface area contributed by atoms with Crippen LogP contribution >= 0.6 is 0 Å². The summed E-state index contributed by atoms with van der Waals surface area (Å²) in [5.74, 6) is -0.217. The molecule has 20 heavy (non-hydrogen) atoms. The van der Waals surface area contributed by atoms with Crippen LogP contribution in [0.3, 0.4) is 0 Å². The van der Waals surface area contributed by atoms with Gasteiger partial charge in [-0.2, -0.15) is 0 Å². The molecule has 1 saturated heterocycles. The predicted octanol–water partition coefficient (Wildman–Crippen LogP) is 3.02. The lowest BCUT2D eigenvalue weighted by atomic mass is 10.0. The van der Waals surface area contributed by atoms with Gasteiger partial charge in [-0.25, -0.2) is 4.39 Å². The molecule has 0 aliphatic carbocycles. The zero-order chi connectivity index (χ0) is 13.9. The Balaban J connectivity index is 1.99. The first-order valence-electron chi connectivity index (χ1n) is 6.95. The lowest BCUT2D eigenvalue weighted by Gasteiger charge is -2.29. The monoisotopic (exact) mass is 271 g/mol. The van der Waals surface area contributed by atoms with Gasteiger partial charge < -0.3 is 10.6 Å². The van der Waals surface area contributed by atoms with Crippen LogP contribution in [-0.2, 0) is 6.54 Å². The Labute approximate surface area is 118 Å². The van der Waals surface area contributed by atoms with Gasteiger partial charge in [0.2, 0.25) is 0 Å². The maximum Gasteiger partial charge on any atom is 0.129 e. The quantitative estimate of drug-likeness (QED) is 0.933. The molecule has 0 spiro atoms. The van der Waals surface area contributed by atoms with E-state index < -0.39 is 0 Å². The molecule has 104 valence electrons. The summed E-state index contributed by atoms with van der Waals surface area (Å²) in [6.07, 6.45) is 5.79. The molecular formula is C16H18FN3. The third-order valence-corrected chi connectivity index (χ3v) is 3.95. The molecule has 1 aliphatic rings. The molecule has 1 aromatic heterocycles. The van der Waals surface area contributed by atoms with Crippen LogP contribution in [0.2, 0.25) is 0 Å². The van der Waals surface area contributed by atoms with E-state index in [-0.39, 0.29) is 18.4 Å². The van der Waals surface area contributed by atoms with Crippen molar-refractivity contribution in [2.24, 2.45) is 5.73 Å². The van der Waals surface area contributed by atoms with E-state index in [1.54, 1.807) is 18.5 Å². The minimum absolute atomic E-state index is 0.217. The van der Waals surface area contributed by atoms with Gasteiger partial charge in [0.15, 0.2) is 0 Å². The minimum atomic E-state index is -0.217. The van der Waals surface area contributed by atoms with Crippen LogP contribution < -0.4 is 10.6 Å². The summed E-state index contributed by atoms with van der Waals surface area (Å²) < 4.78 is 13.9. The molecule has 2 N–H and O–H groups in total. The number of pyridine rings is 1. The lowest BCUT2D eigenvalue weighted by molar-refractivity contribution is 0.607. The number of nitrogens with two attached hydrogens (primary N) is 1. The number of hydrogen-bond acceptors (Lipinski definition) is 3. The van der Waals surface area contributed by atoms with Crippen molar-refractivity contribution in [2.75, 3.05) is 11.4 Å². The maximum absolute atomic E-state index is 13.9. The van der Waals surface area contributed by atoms with Crippen LogP contribution in [0.1, 0.15) is 30.0 Å². The second-order valence-corrected chi connectivity index (χ2v) is 5.07. The van der Waals surface area contributed by atoms with E-state index in [0.29, 0.717) is 5.56 Å². The van der Waals surface area contributed by atoms with Gasteiger partial charge in [-0.05, 0) is 42.7 Å². The van der Waals surface area contributed by atoms with Crippen molar-refractivity contribution in [2.45, 2.75) is 25.4 Å². The summed E-state index contributed by atoms with van der Waals surface area (Å²) in [6.45, 7) is 1.16. The number of nitrogens with zero attached hydrogens (tertiary/aromatic N) is 2. The van der Waals surface area contributed by atoms with Gasteiger partial charge in [0.1, 0.15) is 5.82 Å². The van der Waals surface area contributed by atoms with Crippen LogP contribution in [0.4, 0.5) is 10.1 Å². The normalized spacial score (nSPS) is 18.5. The zero-order valence-electron chi connectivity index (χ0n) is 11.3. The standard InChI is InChI=1S/C16H18FN3/c17-14-3-1-4-16(13(14)11-18)20-10-2-5-15(20)12-6-8-19-9-7-12/h1,3-4,6-9,15H,2,5,10-11,18H2.